The lowest BCUT2D eigenvalue weighted by molar-refractivity contribution is 0.248. The van der Waals surface area contributed by atoms with Crippen molar-refractivity contribution in [2.24, 2.45) is 0 Å². The smallest absolute Gasteiger partial charge is 0.276 e. The molecule has 0 spiro atoms. The Morgan fingerprint density at radius 3 is 2.86 bits per heavy atom. The summed E-state index contributed by atoms with van der Waals surface area (Å²) in [5.41, 5.74) is 3.75. The standard InChI is InChI=1S/C13H8FN5OS/c14-11-2-1-8(4-16-11)10-3-9-6-18(12-5-15-7-21-12)13(20)19(9)17-10/h1-5,7H,6H2. The topological polar surface area (TPSA) is 63.9 Å². The highest BCUT2D eigenvalue weighted by molar-refractivity contribution is 7.14. The number of carbonyl (C=O) groups excluding carboxylic acids is 1. The Hall–Kier alpha value is -2.61. The number of pyridine rings is 1. The van der Waals surface area contributed by atoms with Crippen molar-refractivity contribution in [2.45, 2.75) is 6.54 Å². The van der Waals surface area contributed by atoms with E-state index in [2.05, 4.69) is 15.1 Å². The van der Waals surface area contributed by atoms with E-state index < -0.39 is 5.95 Å². The lowest BCUT2D eigenvalue weighted by Gasteiger charge is -2.10. The van der Waals surface area contributed by atoms with Gasteiger partial charge in [-0.1, -0.05) is 0 Å². The van der Waals surface area contributed by atoms with Crippen molar-refractivity contribution in [1.82, 2.24) is 19.7 Å². The molecule has 0 saturated heterocycles. The summed E-state index contributed by atoms with van der Waals surface area (Å²) in [6.07, 6.45) is 3.05. The Morgan fingerprint density at radius 2 is 2.19 bits per heavy atom. The monoisotopic (exact) mass is 301 g/mol. The Labute approximate surface area is 122 Å². The van der Waals surface area contributed by atoms with E-state index >= 15 is 0 Å². The highest BCUT2D eigenvalue weighted by Gasteiger charge is 2.31. The molecule has 4 rings (SSSR count). The predicted octanol–water partition coefficient (Wildman–Crippen LogP) is 2.53. The number of hydrogen-bond acceptors (Lipinski definition) is 5. The van der Waals surface area contributed by atoms with Crippen LogP contribution in [-0.2, 0) is 6.54 Å². The fourth-order valence-electron chi connectivity index (χ4n) is 2.22. The molecule has 0 radical (unpaired) electrons. The maximum Gasteiger partial charge on any atom is 0.350 e. The molecule has 21 heavy (non-hydrogen) atoms. The van der Waals surface area contributed by atoms with Gasteiger partial charge in [0, 0.05) is 11.8 Å². The average molecular weight is 301 g/mol. The van der Waals surface area contributed by atoms with Crippen LogP contribution in [0.15, 0.2) is 36.1 Å². The van der Waals surface area contributed by atoms with Gasteiger partial charge >= 0.3 is 6.03 Å². The molecule has 1 aliphatic rings. The molecule has 8 heteroatoms. The first-order chi connectivity index (χ1) is 10.2. The van der Waals surface area contributed by atoms with Gasteiger partial charge in [-0.2, -0.15) is 14.2 Å². The first kappa shape index (κ1) is 12.2. The fraction of sp³-hybridized carbons (Fsp3) is 0.0769. The first-order valence-electron chi connectivity index (χ1n) is 6.13. The minimum absolute atomic E-state index is 0.212. The number of thiazole rings is 1. The van der Waals surface area contributed by atoms with Crippen molar-refractivity contribution < 1.29 is 9.18 Å². The summed E-state index contributed by atoms with van der Waals surface area (Å²) in [6, 6.07) is 4.46. The number of carbonyl (C=O) groups is 1. The van der Waals surface area contributed by atoms with E-state index in [1.165, 1.54) is 28.3 Å². The van der Waals surface area contributed by atoms with Crippen molar-refractivity contribution >= 4 is 22.4 Å². The van der Waals surface area contributed by atoms with E-state index in [1.807, 2.05) is 6.07 Å². The maximum absolute atomic E-state index is 12.8. The lowest BCUT2D eigenvalue weighted by Crippen LogP contribution is -2.25. The van der Waals surface area contributed by atoms with Crippen molar-refractivity contribution in [2.75, 3.05) is 4.90 Å². The lowest BCUT2D eigenvalue weighted by atomic mass is 10.2. The molecular weight excluding hydrogens is 293 g/mol. The predicted molar refractivity (Wildman–Crippen MR) is 74.5 cm³/mol. The molecule has 0 aromatic carbocycles. The van der Waals surface area contributed by atoms with E-state index in [0.29, 0.717) is 17.8 Å². The van der Waals surface area contributed by atoms with E-state index in [9.17, 15) is 9.18 Å². The van der Waals surface area contributed by atoms with Gasteiger partial charge in [0.15, 0.2) is 0 Å². The van der Waals surface area contributed by atoms with Crippen LogP contribution in [0.3, 0.4) is 0 Å². The Balaban J connectivity index is 1.68. The van der Waals surface area contributed by atoms with Gasteiger partial charge in [0.1, 0.15) is 5.00 Å². The van der Waals surface area contributed by atoms with Crippen molar-refractivity contribution in [3.05, 3.63) is 47.7 Å². The Morgan fingerprint density at radius 1 is 1.29 bits per heavy atom. The van der Waals surface area contributed by atoms with Crippen molar-refractivity contribution in [1.29, 1.82) is 0 Å². The van der Waals surface area contributed by atoms with Crippen LogP contribution in [-0.4, -0.2) is 25.8 Å². The summed E-state index contributed by atoms with van der Waals surface area (Å²) in [6.45, 7) is 0.447. The number of nitrogens with zero attached hydrogens (tertiary/aromatic N) is 5. The second-order valence-electron chi connectivity index (χ2n) is 4.51. The third kappa shape index (κ3) is 1.91. The van der Waals surface area contributed by atoms with Crippen LogP contribution in [0, 0.1) is 5.95 Å². The van der Waals surface area contributed by atoms with E-state index in [-0.39, 0.29) is 6.03 Å². The fourth-order valence-corrected chi connectivity index (χ4v) is 2.85. The molecule has 1 amide bonds. The molecular formula is C13H8FN5OS. The molecule has 0 atom stereocenters. The van der Waals surface area contributed by atoms with Gasteiger partial charge in [-0.25, -0.2) is 9.78 Å². The average Bonchev–Trinajstić information content (AvgIpc) is 3.18. The highest BCUT2D eigenvalue weighted by Crippen LogP contribution is 2.29. The van der Waals surface area contributed by atoms with Gasteiger partial charge in [-0.05, 0) is 18.2 Å². The van der Waals surface area contributed by atoms with E-state index in [1.54, 1.807) is 22.7 Å². The number of amides is 1. The molecule has 0 unspecified atom stereocenters. The molecule has 4 heterocycles. The van der Waals surface area contributed by atoms with Crippen LogP contribution >= 0.6 is 11.3 Å². The molecule has 0 saturated carbocycles. The maximum atomic E-state index is 12.8. The summed E-state index contributed by atoms with van der Waals surface area (Å²) in [4.78, 5) is 21.5. The number of fused-ring (bicyclic) bond motifs is 1. The van der Waals surface area contributed by atoms with Crippen LogP contribution in [0.5, 0.6) is 0 Å². The van der Waals surface area contributed by atoms with Crippen molar-refractivity contribution in [3.63, 3.8) is 0 Å². The number of halogens is 1. The molecule has 1 aliphatic heterocycles. The number of aromatic nitrogens is 4. The molecule has 0 fully saturated rings. The Kier molecular flexibility index (Phi) is 2.58. The normalized spacial score (nSPS) is 13.8. The zero-order valence-electron chi connectivity index (χ0n) is 10.6. The molecule has 6 nitrogen and oxygen atoms in total. The summed E-state index contributed by atoms with van der Waals surface area (Å²) >= 11 is 1.40. The molecule has 3 aromatic rings. The summed E-state index contributed by atoms with van der Waals surface area (Å²) in [5.74, 6) is -0.544. The van der Waals surface area contributed by atoms with Gasteiger partial charge < -0.3 is 0 Å². The second kappa shape index (κ2) is 4.45. The molecule has 0 N–H and O–H groups in total. The third-order valence-electron chi connectivity index (χ3n) is 3.22. The second-order valence-corrected chi connectivity index (χ2v) is 5.38. The zero-order valence-corrected chi connectivity index (χ0v) is 11.4. The van der Waals surface area contributed by atoms with E-state index in [4.69, 9.17) is 0 Å². The number of rotatable bonds is 2. The van der Waals surface area contributed by atoms with Crippen LogP contribution in [0.4, 0.5) is 14.2 Å². The first-order valence-corrected chi connectivity index (χ1v) is 7.01. The van der Waals surface area contributed by atoms with Crippen molar-refractivity contribution in [3.8, 4) is 11.3 Å². The van der Waals surface area contributed by atoms with Gasteiger partial charge in [-0.15, -0.1) is 11.3 Å². The molecule has 3 aromatic heterocycles. The Bertz CT molecular complexity index is 812. The van der Waals surface area contributed by atoms with E-state index in [0.717, 1.165) is 10.7 Å². The SMILES string of the molecule is O=C1N(c2cncs2)Cc2cc(-c3ccc(F)nc3)nn21. The highest BCUT2D eigenvalue weighted by atomic mass is 32.1. The summed E-state index contributed by atoms with van der Waals surface area (Å²) in [5, 5.41) is 5.07. The quantitative estimate of drug-likeness (QED) is 0.682. The van der Waals surface area contributed by atoms with Crippen LogP contribution < -0.4 is 4.90 Å². The summed E-state index contributed by atoms with van der Waals surface area (Å²) < 4.78 is 14.2. The van der Waals surface area contributed by atoms with Gasteiger partial charge in [0.25, 0.3) is 0 Å². The van der Waals surface area contributed by atoms with Crippen LogP contribution in [0.2, 0.25) is 0 Å². The van der Waals surface area contributed by atoms with Crippen LogP contribution in [0.1, 0.15) is 5.69 Å². The minimum Gasteiger partial charge on any atom is -0.276 e. The molecule has 0 bridgehead atoms. The zero-order chi connectivity index (χ0) is 14.4. The molecule has 104 valence electrons. The third-order valence-corrected chi connectivity index (χ3v) is 4.02. The minimum atomic E-state index is -0.544. The summed E-state index contributed by atoms with van der Waals surface area (Å²) in [7, 11) is 0. The largest absolute Gasteiger partial charge is 0.350 e. The van der Waals surface area contributed by atoms with Gasteiger partial charge in [0.05, 0.1) is 29.6 Å². The van der Waals surface area contributed by atoms with Gasteiger partial charge in [0.2, 0.25) is 5.95 Å². The molecule has 0 aliphatic carbocycles. The van der Waals surface area contributed by atoms with Crippen LogP contribution in [0.25, 0.3) is 11.3 Å². The number of hydrogen-bond donors (Lipinski definition) is 0. The van der Waals surface area contributed by atoms with Gasteiger partial charge in [-0.3, -0.25) is 9.88 Å². The number of anilines is 1.